The largest absolute Gasteiger partial charge is 0.316 e. The highest BCUT2D eigenvalue weighted by Gasteiger charge is 2.19. The van der Waals surface area contributed by atoms with Crippen LogP contribution in [-0.4, -0.2) is 26.0 Å². The first-order valence-corrected chi connectivity index (χ1v) is 6.53. The highest BCUT2D eigenvalue weighted by molar-refractivity contribution is 5.95. The summed E-state index contributed by atoms with van der Waals surface area (Å²) in [4.78, 5) is 14.0. The minimum atomic E-state index is -0.00402. The molecule has 0 spiro atoms. The zero-order valence-corrected chi connectivity index (χ0v) is 12.1. The first-order valence-electron chi connectivity index (χ1n) is 6.53. The van der Waals surface area contributed by atoms with Crippen LogP contribution in [-0.2, 0) is 4.79 Å². The summed E-state index contributed by atoms with van der Waals surface area (Å²) < 4.78 is 0. The van der Waals surface area contributed by atoms with Gasteiger partial charge in [-0.05, 0) is 32.0 Å². The van der Waals surface area contributed by atoms with E-state index < -0.39 is 0 Å². The third kappa shape index (κ3) is 3.57. The molecule has 1 aromatic carbocycles. The maximum absolute atomic E-state index is 12.3. The Morgan fingerprint density at radius 1 is 1.39 bits per heavy atom. The van der Waals surface area contributed by atoms with Crippen LogP contribution in [0.5, 0.6) is 0 Å². The number of hydrogen-bond acceptors (Lipinski definition) is 2. The van der Waals surface area contributed by atoms with Crippen LogP contribution in [0.2, 0.25) is 0 Å². The molecule has 0 aromatic heterocycles. The molecule has 0 fully saturated rings. The molecule has 0 aliphatic carbocycles. The van der Waals surface area contributed by atoms with E-state index in [4.69, 9.17) is 0 Å². The second kappa shape index (κ2) is 6.55. The summed E-state index contributed by atoms with van der Waals surface area (Å²) in [5, 5.41) is 3.21. The van der Waals surface area contributed by atoms with Gasteiger partial charge in [0.25, 0.3) is 0 Å². The maximum Gasteiger partial charge on any atom is 0.230 e. The minimum Gasteiger partial charge on any atom is -0.316 e. The number of aryl methyl sites for hydroxylation is 2. The third-order valence-electron chi connectivity index (χ3n) is 3.17. The first-order chi connectivity index (χ1) is 8.47. The van der Waals surface area contributed by atoms with Crippen molar-refractivity contribution in [2.45, 2.75) is 27.7 Å². The van der Waals surface area contributed by atoms with Gasteiger partial charge in [0.2, 0.25) is 5.91 Å². The standard InChI is InChI=1S/C15H24N2O/c1-6-16-10-13(4)15(18)17(5)14-8-7-11(2)9-12(14)3/h7-9,13,16H,6,10H2,1-5H3. The lowest BCUT2D eigenvalue weighted by atomic mass is 10.1. The van der Waals surface area contributed by atoms with Crippen LogP contribution in [0.4, 0.5) is 5.69 Å². The van der Waals surface area contributed by atoms with E-state index in [1.54, 1.807) is 4.90 Å². The number of nitrogens with zero attached hydrogens (tertiary/aromatic N) is 1. The molecule has 1 unspecified atom stereocenters. The van der Waals surface area contributed by atoms with Crippen LogP contribution < -0.4 is 10.2 Å². The lowest BCUT2D eigenvalue weighted by Gasteiger charge is -2.23. The van der Waals surface area contributed by atoms with E-state index >= 15 is 0 Å². The Morgan fingerprint density at radius 3 is 2.61 bits per heavy atom. The zero-order chi connectivity index (χ0) is 13.7. The van der Waals surface area contributed by atoms with Crippen LogP contribution >= 0.6 is 0 Å². The second-order valence-electron chi connectivity index (χ2n) is 4.90. The number of amides is 1. The molecule has 3 heteroatoms. The Bertz CT molecular complexity index is 415. The highest BCUT2D eigenvalue weighted by atomic mass is 16.2. The lowest BCUT2D eigenvalue weighted by Crippen LogP contribution is -2.37. The van der Waals surface area contributed by atoms with Gasteiger partial charge in [0, 0.05) is 25.2 Å². The smallest absolute Gasteiger partial charge is 0.230 e. The van der Waals surface area contributed by atoms with Crippen molar-refractivity contribution in [2.75, 3.05) is 25.0 Å². The average molecular weight is 248 g/mol. The molecular weight excluding hydrogens is 224 g/mol. The monoisotopic (exact) mass is 248 g/mol. The zero-order valence-electron chi connectivity index (χ0n) is 12.1. The van der Waals surface area contributed by atoms with Crippen LogP contribution in [0, 0.1) is 19.8 Å². The van der Waals surface area contributed by atoms with E-state index in [0.717, 1.165) is 24.3 Å². The van der Waals surface area contributed by atoms with Gasteiger partial charge in [0.05, 0.1) is 0 Å². The fourth-order valence-corrected chi connectivity index (χ4v) is 2.08. The molecule has 0 radical (unpaired) electrons. The molecule has 18 heavy (non-hydrogen) atoms. The van der Waals surface area contributed by atoms with Crippen molar-refractivity contribution in [1.82, 2.24) is 5.32 Å². The number of rotatable bonds is 5. The molecule has 1 atom stereocenters. The Labute approximate surface area is 110 Å². The molecule has 1 aromatic rings. The molecular formula is C15H24N2O. The second-order valence-corrected chi connectivity index (χ2v) is 4.90. The van der Waals surface area contributed by atoms with E-state index in [0.29, 0.717) is 0 Å². The van der Waals surface area contributed by atoms with Gasteiger partial charge in [-0.2, -0.15) is 0 Å². The summed E-state index contributed by atoms with van der Waals surface area (Å²) in [6.07, 6.45) is 0. The third-order valence-corrected chi connectivity index (χ3v) is 3.17. The van der Waals surface area contributed by atoms with Crippen molar-refractivity contribution in [3.8, 4) is 0 Å². The fraction of sp³-hybridized carbons (Fsp3) is 0.533. The molecule has 1 rings (SSSR count). The fourth-order valence-electron chi connectivity index (χ4n) is 2.08. The van der Waals surface area contributed by atoms with Gasteiger partial charge in [-0.15, -0.1) is 0 Å². The lowest BCUT2D eigenvalue weighted by molar-refractivity contribution is -0.121. The highest BCUT2D eigenvalue weighted by Crippen LogP contribution is 2.21. The Hall–Kier alpha value is -1.35. The van der Waals surface area contributed by atoms with Crippen molar-refractivity contribution in [2.24, 2.45) is 5.92 Å². The van der Waals surface area contributed by atoms with E-state index in [9.17, 15) is 4.79 Å². The van der Waals surface area contributed by atoms with E-state index in [-0.39, 0.29) is 11.8 Å². The minimum absolute atomic E-state index is 0.00402. The molecule has 3 nitrogen and oxygen atoms in total. The van der Waals surface area contributed by atoms with Crippen molar-refractivity contribution in [3.63, 3.8) is 0 Å². The van der Waals surface area contributed by atoms with Gasteiger partial charge in [0.15, 0.2) is 0 Å². The topological polar surface area (TPSA) is 32.3 Å². The van der Waals surface area contributed by atoms with E-state index in [2.05, 4.69) is 18.3 Å². The molecule has 0 aliphatic rings. The predicted octanol–water partition coefficient (Wildman–Crippen LogP) is 2.51. The van der Waals surface area contributed by atoms with Crippen molar-refractivity contribution in [1.29, 1.82) is 0 Å². The molecule has 0 saturated carbocycles. The van der Waals surface area contributed by atoms with Crippen molar-refractivity contribution in [3.05, 3.63) is 29.3 Å². The van der Waals surface area contributed by atoms with Gasteiger partial charge >= 0.3 is 0 Å². The Kier molecular flexibility index (Phi) is 5.35. The molecule has 1 N–H and O–H groups in total. The summed E-state index contributed by atoms with van der Waals surface area (Å²) in [6, 6.07) is 6.16. The number of nitrogens with one attached hydrogen (secondary N) is 1. The SMILES string of the molecule is CCNCC(C)C(=O)N(C)c1ccc(C)cc1C. The average Bonchev–Trinajstić information content (AvgIpc) is 2.34. The van der Waals surface area contributed by atoms with Crippen LogP contribution in [0.15, 0.2) is 18.2 Å². The van der Waals surface area contributed by atoms with Gasteiger partial charge < -0.3 is 10.2 Å². The van der Waals surface area contributed by atoms with Crippen LogP contribution in [0.1, 0.15) is 25.0 Å². The van der Waals surface area contributed by atoms with Gasteiger partial charge in [0.1, 0.15) is 0 Å². The first kappa shape index (κ1) is 14.7. The number of anilines is 1. The maximum atomic E-state index is 12.3. The Morgan fingerprint density at radius 2 is 2.06 bits per heavy atom. The van der Waals surface area contributed by atoms with Gasteiger partial charge in [-0.1, -0.05) is 31.5 Å². The molecule has 0 aliphatic heterocycles. The van der Waals surface area contributed by atoms with Gasteiger partial charge in [-0.3, -0.25) is 4.79 Å². The van der Waals surface area contributed by atoms with Crippen LogP contribution in [0.3, 0.4) is 0 Å². The summed E-state index contributed by atoms with van der Waals surface area (Å²) in [7, 11) is 1.85. The van der Waals surface area contributed by atoms with E-state index in [1.165, 1.54) is 5.56 Å². The van der Waals surface area contributed by atoms with Crippen molar-refractivity contribution >= 4 is 11.6 Å². The number of hydrogen-bond donors (Lipinski definition) is 1. The summed E-state index contributed by atoms with van der Waals surface area (Å²) >= 11 is 0. The molecule has 0 bridgehead atoms. The number of carbonyl (C=O) groups excluding carboxylic acids is 1. The van der Waals surface area contributed by atoms with Crippen LogP contribution in [0.25, 0.3) is 0 Å². The normalized spacial score (nSPS) is 12.3. The molecule has 100 valence electrons. The molecule has 0 saturated heterocycles. The number of benzene rings is 1. The Balaban J connectivity index is 2.79. The van der Waals surface area contributed by atoms with Gasteiger partial charge in [-0.25, -0.2) is 0 Å². The van der Waals surface area contributed by atoms with E-state index in [1.807, 2.05) is 40.0 Å². The van der Waals surface area contributed by atoms with Crippen molar-refractivity contribution < 1.29 is 4.79 Å². The summed E-state index contributed by atoms with van der Waals surface area (Å²) in [5.74, 6) is 0.151. The quantitative estimate of drug-likeness (QED) is 0.868. The summed E-state index contributed by atoms with van der Waals surface area (Å²) in [5.41, 5.74) is 3.35. The number of carbonyl (C=O) groups is 1. The molecule has 0 heterocycles. The molecule has 1 amide bonds. The summed E-state index contributed by atoms with van der Waals surface area (Å²) in [6.45, 7) is 9.74. The predicted molar refractivity (Wildman–Crippen MR) is 77.0 cm³/mol.